The Labute approximate surface area is 146 Å². The van der Waals surface area contributed by atoms with Gasteiger partial charge < -0.3 is 5.32 Å². The summed E-state index contributed by atoms with van der Waals surface area (Å²) in [7, 11) is 0. The smallest absolute Gasteiger partial charge is 0.270 e. The summed E-state index contributed by atoms with van der Waals surface area (Å²) in [6, 6.07) is 13.7. The quantitative estimate of drug-likeness (QED) is 0.799. The number of carbonyl (C=O) groups excluding carboxylic acids is 1. The van der Waals surface area contributed by atoms with E-state index in [-0.39, 0.29) is 5.91 Å². The van der Waals surface area contributed by atoms with Gasteiger partial charge in [0.05, 0.1) is 11.4 Å². The monoisotopic (exact) mass is 332 g/mol. The zero-order valence-electron chi connectivity index (χ0n) is 14.0. The largest absolute Gasteiger partial charge is 0.347 e. The third-order valence-corrected chi connectivity index (χ3v) is 4.55. The van der Waals surface area contributed by atoms with Crippen molar-refractivity contribution >= 4 is 5.91 Å². The number of amides is 1. The second kappa shape index (κ2) is 6.89. The molecule has 25 heavy (non-hydrogen) atoms. The number of hydrogen-bond donors (Lipinski definition) is 1. The number of nitrogens with one attached hydrogen (secondary N) is 1. The van der Waals surface area contributed by atoms with Gasteiger partial charge in [-0.1, -0.05) is 24.3 Å². The van der Waals surface area contributed by atoms with Crippen molar-refractivity contribution in [1.82, 2.24) is 20.1 Å². The van der Waals surface area contributed by atoms with Gasteiger partial charge in [0.1, 0.15) is 5.69 Å². The summed E-state index contributed by atoms with van der Waals surface area (Å²) < 4.78 is 1.80. The van der Waals surface area contributed by atoms with Gasteiger partial charge >= 0.3 is 0 Å². The molecule has 0 bridgehead atoms. The van der Waals surface area contributed by atoms with Crippen LogP contribution in [0.15, 0.2) is 54.9 Å². The maximum atomic E-state index is 13.0. The minimum absolute atomic E-state index is 0.0802. The van der Waals surface area contributed by atoms with Gasteiger partial charge in [-0.3, -0.25) is 9.78 Å². The molecule has 0 saturated heterocycles. The first kappa shape index (κ1) is 15.6. The Morgan fingerprint density at radius 2 is 1.92 bits per heavy atom. The number of pyridine rings is 1. The van der Waals surface area contributed by atoms with E-state index in [1.54, 1.807) is 17.1 Å². The van der Waals surface area contributed by atoms with Crippen LogP contribution >= 0.6 is 0 Å². The van der Waals surface area contributed by atoms with Crippen LogP contribution in [-0.2, 0) is 19.4 Å². The number of para-hydroxylation sites is 1. The van der Waals surface area contributed by atoms with Crippen molar-refractivity contribution < 1.29 is 4.79 Å². The summed E-state index contributed by atoms with van der Waals surface area (Å²) in [6.07, 6.45) is 7.60. The summed E-state index contributed by atoms with van der Waals surface area (Å²) in [6.45, 7) is 0.460. The fourth-order valence-electron chi connectivity index (χ4n) is 3.31. The molecule has 4 rings (SSSR count). The molecule has 0 unspecified atom stereocenters. The van der Waals surface area contributed by atoms with Crippen molar-refractivity contribution in [1.29, 1.82) is 0 Å². The number of benzene rings is 1. The van der Waals surface area contributed by atoms with Gasteiger partial charge in [-0.15, -0.1) is 0 Å². The third-order valence-electron chi connectivity index (χ3n) is 4.55. The van der Waals surface area contributed by atoms with E-state index in [0.29, 0.717) is 12.2 Å². The number of fused-ring (bicyclic) bond motifs is 1. The Kier molecular flexibility index (Phi) is 4.29. The summed E-state index contributed by atoms with van der Waals surface area (Å²) in [4.78, 5) is 17.0. The highest BCUT2D eigenvalue weighted by Gasteiger charge is 2.25. The predicted octanol–water partition coefficient (Wildman–Crippen LogP) is 3.08. The van der Waals surface area contributed by atoms with Gasteiger partial charge in [0.15, 0.2) is 0 Å². The molecule has 1 aromatic carbocycles. The lowest BCUT2D eigenvalue weighted by atomic mass is 9.95. The lowest BCUT2D eigenvalue weighted by molar-refractivity contribution is 0.0942. The van der Waals surface area contributed by atoms with Crippen LogP contribution in [0.3, 0.4) is 0 Å². The van der Waals surface area contributed by atoms with Crippen molar-refractivity contribution in [2.75, 3.05) is 0 Å². The van der Waals surface area contributed by atoms with Crippen molar-refractivity contribution in [3.05, 3.63) is 77.4 Å². The Bertz CT molecular complexity index is 871. The predicted molar refractivity (Wildman–Crippen MR) is 95.6 cm³/mol. The van der Waals surface area contributed by atoms with E-state index in [1.165, 1.54) is 0 Å². The van der Waals surface area contributed by atoms with Crippen LogP contribution in [0.2, 0.25) is 0 Å². The molecule has 0 aliphatic heterocycles. The lowest BCUT2D eigenvalue weighted by Crippen LogP contribution is -2.26. The number of aromatic nitrogens is 3. The topological polar surface area (TPSA) is 59.8 Å². The molecule has 1 aliphatic rings. The minimum Gasteiger partial charge on any atom is -0.347 e. The molecular weight excluding hydrogens is 312 g/mol. The van der Waals surface area contributed by atoms with Gasteiger partial charge in [-0.25, -0.2) is 4.68 Å². The fourth-order valence-corrected chi connectivity index (χ4v) is 3.31. The zero-order chi connectivity index (χ0) is 17.1. The van der Waals surface area contributed by atoms with Crippen LogP contribution < -0.4 is 5.32 Å². The van der Waals surface area contributed by atoms with E-state index in [9.17, 15) is 4.79 Å². The average molecular weight is 332 g/mol. The second-order valence-corrected chi connectivity index (χ2v) is 6.27. The van der Waals surface area contributed by atoms with Crippen LogP contribution in [0.5, 0.6) is 0 Å². The van der Waals surface area contributed by atoms with E-state index in [0.717, 1.165) is 48.2 Å². The van der Waals surface area contributed by atoms with Crippen molar-refractivity contribution in [2.24, 2.45) is 0 Å². The van der Waals surface area contributed by atoms with E-state index < -0.39 is 0 Å². The van der Waals surface area contributed by atoms with Gasteiger partial charge in [0.2, 0.25) is 0 Å². The molecule has 5 heteroatoms. The van der Waals surface area contributed by atoms with Gasteiger partial charge in [-0.2, -0.15) is 5.10 Å². The van der Waals surface area contributed by atoms with Gasteiger partial charge in [0.25, 0.3) is 5.91 Å². The first-order valence-electron chi connectivity index (χ1n) is 8.66. The standard InChI is InChI=1S/C20H20N4O/c25-20(22-14-15-7-6-12-21-13-15)19-17-10-4-5-11-18(17)23-24(19)16-8-2-1-3-9-16/h1-3,6-9,12-13H,4-5,10-11,14H2,(H,22,25). The van der Waals surface area contributed by atoms with Crippen LogP contribution in [0.4, 0.5) is 0 Å². The number of aryl methyl sites for hydroxylation is 1. The summed E-state index contributed by atoms with van der Waals surface area (Å²) in [5, 5.41) is 7.76. The molecule has 1 aliphatic carbocycles. The average Bonchev–Trinajstić information content (AvgIpc) is 3.07. The molecule has 0 radical (unpaired) electrons. The molecule has 1 N–H and O–H groups in total. The minimum atomic E-state index is -0.0802. The number of hydrogen-bond acceptors (Lipinski definition) is 3. The highest BCUT2D eigenvalue weighted by molar-refractivity contribution is 5.95. The Hall–Kier alpha value is -2.95. The van der Waals surface area contributed by atoms with Crippen LogP contribution in [0.25, 0.3) is 5.69 Å². The van der Waals surface area contributed by atoms with Crippen LogP contribution in [0.1, 0.15) is 40.2 Å². The molecule has 1 amide bonds. The molecule has 3 aromatic rings. The Balaban J connectivity index is 1.67. The normalized spacial score (nSPS) is 13.3. The van der Waals surface area contributed by atoms with Gasteiger partial charge in [-0.05, 0) is 49.4 Å². The maximum absolute atomic E-state index is 13.0. The fraction of sp³-hybridized carbons (Fsp3) is 0.250. The number of rotatable bonds is 4. The Morgan fingerprint density at radius 1 is 1.08 bits per heavy atom. The van der Waals surface area contributed by atoms with E-state index in [4.69, 9.17) is 5.10 Å². The lowest BCUT2D eigenvalue weighted by Gasteiger charge is -2.12. The first-order chi connectivity index (χ1) is 12.3. The Morgan fingerprint density at radius 3 is 2.72 bits per heavy atom. The SMILES string of the molecule is O=C(NCc1cccnc1)c1c2c(nn1-c1ccccc1)CCCC2. The molecular formula is C20H20N4O. The molecule has 2 heterocycles. The van der Waals surface area contributed by atoms with Crippen molar-refractivity contribution in [3.63, 3.8) is 0 Å². The molecule has 126 valence electrons. The summed E-state index contributed by atoms with van der Waals surface area (Å²) in [5.41, 5.74) is 4.73. The third kappa shape index (κ3) is 3.18. The van der Waals surface area contributed by atoms with Crippen molar-refractivity contribution in [2.45, 2.75) is 32.2 Å². The molecule has 0 spiro atoms. The zero-order valence-corrected chi connectivity index (χ0v) is 14.0. The molecule has 0 saturated carbocycles. The summed E-state index contributed by atoms with van der Waals surface area (Å²) >= 11 is 0. The first-order valence-corrected chi connectivity index (χ1v) is 8.66. The molecule has 0 atom stereocenters. The van der Waals surface area contributed by atoms with E-state index >= 15 is 0 Å². The maximum Gasteiger partial charge on any atom is 0.270 e. The van der Waals surface area contributed by atoms with Crippen LogP contribution in [-0.4, -0.2) is 20.7 Å². The molecule has 5 nitrogen and oxygen atoms in total. The number of carbonyl (C=O) groups is 1. The summed E-state index contributed by atoms with van der Waals surface area (Å²) in [5.74, 6) is -0.0802. The van der Waals surface area contributed by atoms with Crippen molar-refractivity contribution in [3.8, 4) is 5.69 Å². The molecule has 0 fully saturated rings. The highest BCUT2D eigenvalue weighted by Crippen LogP contribution is 2.26. The van der Waals surface area contributed by atoms with E-state index in [2.05, 4.69) is 10.3 Å². The van der Waals surface area contributed by atoms with Crippen LogP contribution in [0, 0.1) is 0 Å². The number of nitrogens with zero attached hydrogens (tertiary/aromatic N) is 3. The van der Waals surface area contributed by atoms with Gasteiger partial charge in [0, 0.05) is 24.5 Å². The molecule has 2 aromatic heterocycles. The van der Waals surface area contributed by atoms with E-state index in [1.807, 2.05) is 42.5 Å². The highest BCUT2D eigenvalue weighted by atomic mass is 16.2. The second-order valence-electron chi connectivity index (χ2n) is 6.27.